The van der Waals surface area contributed by atoms with Crippen LogP contribution in [0.1, 0.15) is 11.1 Å². The minimum absolute atomic E-state index is 0.0157. The Morgan fingerprint density at radius 1 is 1.28 bits per heavy atom. The molecule has 2 aromatic rings. The van der Waals surface area contributed by atoms with Gasteiger partial charge in [-0.15, -0.1) is 0 Å². The second-order valence-electron chi connectivity index (χ2n) is 4.14. The third kappa shape index (κ3) is 2.82. The van der Waals surface area contributed by atoms with Crippen molar-refractivity contribution in [2.24, 2.45) is 0 Å². The minimum Gasteiger partial charge on any atom is -0.496 e. The molecule has 0 saturated carbocycles. The predicted octanol–water partition coefficient (Wildman–Crippen LogP) is 2.98. The van der Waals surface area contributed by atoms with Gasteiger partial charge in [-0.25, -0.2) is 0 Å². The van der Waals surface area contributed by atoms with E-state index in [2.05, 4.69) is 15.9 Å². The van der Waals surface area contributed by atoms with Crippen LogP contribution in [-0.4, -0.2) is 11.7 Å². The van der Waals surface area contributed by atoms with Gasteiger partial charge in [-0.1, -0.05) is 6.07 Å². The maximum Gasteiger partial charge on any atom is 0.251 e. The van der Waals surface area contributed by atoms with Crippen molar-refractivity contribution in [2.75, 3.05) is 7.11 Å². The molecule has 0 N–H and O–H groups in total. The smallest absolute Gasteiger partial charge is 0.251 e. The molecule has 94 valence electrons. The summed E-state index contributed by atoms with van der Waals surface area (Å²) in [4.78, 5) is 11.8. The van der Waals surface area contributed by atoms with Gasteiger partial charge in [0.05, 0.1) is 18.1 Å². The van der Waals surface area contributed by atoms with Gasteiger partial charge in [0.2, 0.25) is 0 Å². The first-order valence-corrected chi connectivity index (χ1v) is 6.39. The van der Waals surface area contributed by atoms with Crippen LogP contribution in [0.4, 0.5) is 0 Å². The Bertz CT molecular complexity index is 619. The second kappa shape index (κ2) is 5.40. The molecule has 1 heterocycles. The third-order valence-corrected chi connectivity index (χ3v) is 3.34. The molecule has 0 amide bonds. The summed E-state index contributed by atoms with van der Waals surface area (Å²) in [5.74, 6) is 0.787. The normalized spacial score (nSPS) is 10.4. The number of benzene rings is 1. The molecule has 0 saturated heterocycles. The highest BCUT2D eigenvalue weighted by atomic mass is 79.9. The van der Waals surface area contributed by atoms with E-state index >= 15 is 0 Å². The summed E-state index contributed by atoms with van der Waals surface area (Å²) in [6.07, 6.45) is 1.82. The number of ether oxygens (including phenoxy) is 1. The van der Waals surface area contributed by atoms with E-state index in [0.29, 0.717) is 6.54 Å². The number of halogens is 1. The van der Waals surface area contributed by atoms with Crippen molar-refractivity contribution in [3.63, 3.8) is 0 Å². The number of methoxy groups -OCH3 is 1. The molecule has 0 spiro atoms. The Hall–Kier alpha value is -1.55. The number of aromatic nitrogens is 1. The van der Waals surface area contributed by atoms with Gasteiger partial charge in [-0.2, -0.15) is 0 Å². The van der Waals surface area contributed by atoms with E-state index in [1.165, 1.54) is 0 Å². The van der Waals surface area contributed by atoms with E-state index in [1.54, 1.807) is 17.7 Å². The van der Waals surface area contributed by atoms with Crippen LogP contribution >= 0.6 is 15.9 Å². The predicted molar refractivity (Wildman–Crippen MR) is 75.2 cm³/mol. The van der Waals surface area contributed by atoms with Crippen LogP contribution in [0, 0.1) is 6.92 Å². The first-order valence-electron chi connectivity index (χ1n) is 5.59. The highest BCUT2D eigenvalue weighted by Gasteiger charge is 2.03. The molecule has 3 nitrogen and oxygen atoms in total. The first-order chi connectivity index (χ1) is 8.60. The van der Waals surface area contributed by atoms with E-state index < -0.39 is 0 Å². The monoisotopic (exact) mass is 307 g/mol. The van der Waals surface area contributed by atoms with Crippen molar-refractivity contribution in [1.82, 2.24) is 4.57 Å². The van der Waals surface area contributed by atoms with Gasteiger partial charge < -0.3 is 9.30 Å². The molecule has 1 aromatic heterocycles. The lowest BCUT2D eigenvalue weighted by Gasteiger charge is -2.08. The molecule has 0 aliphatic heterocycles. The maximum atomic E-state index is 11.8. The summed E-state index contributed by atoms with van der Waals surface area (Å²) in [5.41, 5.74) is 2.04. The lowest BCUT2D eigenvalue weighted by molar-refractivity contribution is 0.412. The molecule has 0 aliphatic carbocycles. The Labute approximate surface area is 114 Å². The SMILES string of the molecule is COc1ccc(Cn2ccc(C)cc2=O)cc1Br. The Morgan fingerprint density at radius 3 is 2.67 bits per heavy atom. The summed E-state index contributed by atoms with van der Waals surface area (Å²) in [6, 6.07) is 9.37. The second-order valence-corrected chi connectivity index (χ2v) is 4.99. The average molecular weight is 308 g/mol. The molecule has 2 rings (SSSR count). The largest absolute Gasteiger partial charge is 0.496 e. The molecule has 4 heteroatoms. The number of pyridine rings is 1. The van der Waals surface area contributed by atoms with Crippen LogP contribution in [0.5, 0.6) is 5.75 Å². The topological polar surface area (TPSA) is 31.2 Å². The standard InChI is InChI=1S/C14H14BrNO2/c1-10-5-6-16(14(17)7-10)9-11-3-4-13(18-2)12(15)8-11/h3-8H,9H2,1-2H3. The minimum atomic E-state index is 0.0157. The van der Waals surface area contributed by atoms with Crippen molar-refractivity contribution < 1.29 is 4.74 Å². The zero-order valence-electron chi connectivity index (χ0n) is 10.3. The zero-order chi connectivity index (χ0) is 13.1. The maximum absolute atomic E-state index is 11.8. The molecule has 0 bridgehead atoms. The van der Waals surface area contributed by atoms with Crippen LogP contribution in [0.25, 0.3) is 0 Å². The van der Waals surface area contributed by atoms with Crippen LogP contribution in [0.15, 0.2) is 45.8 Å². The summed E-state index contributed by atoms with van der Waals surface area (Å²) in [5, 5.41) is 0. The highest BCUT2D eigenvalue weighted by Crippen LogP contribution is 2.25. The van der Waals surface area contributed by atoms with Gasteiger partial charge in [0.1, 0.15) is 5.75 Å². The van der Waals surface area contributed by atoms with Gasteiger partial charge in [-0.05, 0) is 52.2 Å². The van der Waals surface area contributed by atoms with Crippen molar-refractivity contribution in [3.05, 3.63) is 62.5 Å². The van der Waals surface area contributed by atoms with Crippen molar-refractivity contribution >= 4 is 15.9 Å². The number of nitrogens with zero attached hydrogens (tertiary/aromatic N) is 1. The first kappa shape index (κ1) is 12.9. The quantitative estimate of drug-likeness (QED) is 0.873. The fraction of sp³-hybridized carbons (Fsp3) is 0.214. The van der Waals surface area contributed by atoms with Gasteiger partial charge >= 0.3 is 0 Å². The van der Waals surface area contributed by atoms with E-state index in [4.69, 9.17) is 4.74 Å². The summed E-state index contributed by atoms with van der Waals surface area (Å²) < 4.78 is 7.75. The zero-order valence-corrected chi connectivity index (χ0v) is 11.9. The Kier molecular flexibility index (Phi) is 3.87. The molecular weight excluding hydrogens is 294 g/mol. The highest BCUT2D eigenvalue weighted by molar-refractivity contribution is 9.10. The average Bonchev–Trinajstić information content (AvgIpc) is 2.33. The lowest BCUT2D eigenvalue weighted by Crippen LogP contribution is -2.19. The summed E-state index contributed by atoms with van der Waals surface area (Å²) >= 11 is 3.44. The van der Waals surface area contributed by atoms with Crippen LogP contribution in [0.3, 0.4) is 0 Å². The Morgan fingerprint density at radius 2 is 2.06 bits per heavy atom. The lowest BCUT2D eigenvalue weighted by atomic mass is 10.2. The molecule has 0 atom stereocenters. The van der Waals surface area contributed by atoms with Gasteiger partial charge in [0.15, 0.2) is 0 Å². The van der Waals surface area contributed by atoms with Crippen LogP contribution < -0.4 is 10.3 Å². The fourth-order valence-corrected chi connectivity index (χ4v) is 2.33. The van der Waals surface area contributed by atoms with Gasteiger partial charge in [-0.3, -0.25) is 4.79 Å². The van der Waals surface area contributed by atoms with E-state index in [0.717, 1.165) is 21.3 Å². The molecule has 0 unspecified atom stereocenters. The molecular formula is C14H14BrNO2. The van der Waals surface area contributed by atoms with Gasteiger partial charge in [0, 0.05) is 12.3 Å². The molecule has 0 aliphatic rings. The molecule has 18 heavy (non-hydrogen) atoms. The summed E-state index contributed by atoms with van der Waals surface area (Å²) in [6.45, 7) is 2.47. The third-order valence-electron chi connectivity index (χ3n) is 2.72. The van der Waals surface area contributed by atoms with E-state index in [9.17, 15) is 4.79 Å². The van der Waals surface area contributed by atoms with Crippen molar-refractivity contribution in [2.45, 2.75) is 13.5 Å². The van der Waals surface area contributed by atoms with Crippen LogP contribution in [-0.2, 0) is 6.54 Å². The van der Waals surface area contributed by atoms with Crippen LogP contribution in [0.2, 0.25) is 0 Å². The van der Waals surface area contributed by atoms with E-state index in [1.807, 2.05) is 37.4 Å². The van der Waals surface area contributed by atoms with E-state index in [-0.39, 0.29) is 5.56 Å². The summed E-state index contributed by atoms with van der Waals surface area (Å²) in [7, 11) is 1.63. The number of hydrogen-bond donors (Lipinski definition) is 0. The Balaban J connectivity index is 2.29. The molecule has 1 aromatic carbocycles. The number of hydrogen-bond acceptors (Lipinski definition) is 2. The molecule has 0 radical (unpaired) electrons. The number of rotatable bonds is 3. The fourth-order valence-electron chi connectivity index (χ4n) is 1.74. The number of aryl methyl sites for hydroxylation is 1. The molecule has 0 fully saturated rings. The van der Waals surface area contributed by atoms with Crippen molar-refractivity contribution in [3.8, 4) is 5.75 Å². The van der Waals surface area contributed by atoms with Crippen molar-refractivity contribution in [1.29, 1.82) is 0 Å². The van der Waals surface area contributed by atoms with Gasteiger partial charge in [0.25, 0.3) is 5.56 Å².